The van der Waals surface area contributed by atoms with Crippen LogP contribution in [0.2, 0.25) is 0 Å². The van der Waals surface area contributed by atoms with Gasteiger partial charge in [0.1, 0.15) is 0 Å². The lowest BCUT2D eigenvalue weighted by Crippen LogP contribution is -2.32. The maximum Gasteiger partial charge on any atom is 0.0679 e. The topological polar surface area (TPSA) is 23.5 Å². The van der Waals surface area contributed by atoms with E-state index in [1.54, 1.807) is 0 Å². The molecular weight excluding hydrogens is 138 g/mol. The average Bonchev–Trinajstić information content (AvgIpc) is 2.39. The highest BCUT2D eigenvalue weighted by Crippen LogP contribution is 2.16. The minimum atomic E-state index is -0.0596. The maximum atomic E-state index is 9.30. The van der Waals surface area contributed by atoms with Crippen LogP contribution in [0.3, 0.4) is 0 Å². The Hall–Kier alpha value is -0.0800. The second-order valence-electron chi connectivity index (χ2n) is 3.41. The van der Waals surface area contributed by atoms with Crippen LogP contribution in [0.4, 0.5) is 0 Å². The highest BCUT2D eigenvalue weighted by molar-refractivity contribution is 4.79. The van der Waals surface area contributed by atoms with Gasteiger partial charge in [-0.05, 0) is 19.3 Å². The summed E-state index contributed by atoms with van der Waals surface area (Å²) in [7, 11) is 0. The van der Waals surface area contributed by atoms with Gasteiger partial charge in [-0.1, -0.05) is 13.8 Å². The zero-order valence-corrected chi connectivity index (χ0v) is 7.58. The van der Waals surface area contributed by atoms with Crippen molar-refractivity contribution in [1.29, 1.82) is 0 Å². The van der Waals surface area contributed by atoms with E-state index >= 15 is 0 Å². The first-order chi connectivity index (χ1) is 5.27. The molecule has 1 N–H and O–H groups in total. The molecule has 1 aliphatic rings. The van der Waals surface area contributed by atoms with Gasteiger partial charge in [0, 0.05) is 19.1 Å². The number of nitrogens with zero attached hydrogens (tertiary/aromatic N) is 1. The largest absolute Gasteiger partial charge is 0.392 e. The lowest BCUT2D eigenvalue weighted by molar-refractivity contribution is 0.155. The Balaban J connectivity index is 2.34. The van der Waals surface area contributed by atoms with Crippen LogP contribution in [0.1, 0.15) is 33.1 Å². The fourth-order valence-corrected chi connectivity index (χ4v) is 1.90. The van der Waals surface area contributed by atoms with E-state index < -0.39 is 0 Å². The van der Waals surface area contributed by atoms with Crippen molar-refractivity contribution < 1.29 is 5.11 Å². The third-order valence-electron chi connectivity index (χ3n) is 2.65. The van der Waals surface area contributed by atoms with Crippen molar-refractivity contribution in [3.63, 3.8) is 0 Å². The Morgan fingerprint density at radius 2 is 2.09 bits per heavy atom. The van der Waals surface area contributed by atoms with E-state index in [1.165, 1.54) is 12.8 Å². The van der Waals surface area contributed by atoms with Gasteiger partial charge in [0.15, 0.2) is 0 Å². The first-order valence-corrected chi connectivity index (χ1v) is 4.70. The molecule has 0 aromatic heterocycles. The summed E-state index contributed by atoms with van der Waals surface area (Å²) < 4.78 is 0. The summed E-state index contributed by atoms with van der Waals surface area (Å²) in [6.45, 7) is 6.43. The van der Waals surface area contributed by atoms with E-state index in [0.29, 0.717) is 6.04 Å². The van der Waals surface area contributed by atoms with Crippen molar-refractivity contribution in [2.24, 2.45) is 0 Å². The fraction of sp³-hybridized carbons (Fsp3) is 1.00. The van der Waals surface area contributed by atoms with Gasteiger partial charge in [-0.2, -0.15) is 0 Å². The number of β-amino-alcohol motifs (C(OH)–C–C–N with tert-alkyl or cyclic N) is 1. The van der Waals surface area contributed by atoms with E-state index in [9.17, 15) is 5.11 Å². The number of rotatable bonds is 3. The summed E-state index contributed by atoms with van der Waals surface area (Å²) in [4.78, 5) is 2.41. The summed E-state index contributed by atoms with van der Waals surface area (Å²) in [5.74, 6) is 0. The van der Waals surface area contributed by atoms with E-state index in [0.717, 1.165) is 19.5 Å². The fourth-order valence-electron chi connectivity index (χ4n) is 1.90. The maximum absolute atomic E-state index is 9.30. The highest BCUT2D eigenvalue weighted by Gasteiger charge is 2.24. The Bertz CT molecular complexity index is 112. The molecule has 2 heteroatoms. The molecule has 1 aliphatic heterocycles. The molecule has 0 aromatic carbocycles. The van der Waals surface area contributed by atoms with Crippen LogP contribution in [0.15, 0.2) is 0 Å². The van der Waals surface area contributed by atoms with Crippen LogP contribution < -0.4 is 0 Å². The Kier molecular flexibility index (Phi) is 3.34. The van der Waals surface area contributed by atoms with Gasteiger partial charge in [0.2, 0.25) is 0 Å². The summed E-state index contributed by atoms with van der Waals surface area (Å²) in [6.07, 6.45) is 3.33. The minimum Gasteiger partial charge on any atom is -0.392 e. The average molecular weight is 157 g/mol. The molecule has 0 saturated carbocycles. The first-order valence-electron chi connectivity index (χ1n) is 4.70. The van der Waals surface area contributed by atoms with Gasteiger partial charge in [0.25, 0.3) is 0 Å². The van der Waals surface area contributed by atoms with Gasteiger partial charge in [0.05, 0.1) is 6.10 Å². The number of likely N-dealkylation sites (tertiary alicyclic amines) is 1. The molecule has 0 radical (unpaired) electrons. The minimum absolute atomic E-state index is 0.0596. The van der Waals surface area contributed by atoms with Crippen molar-refractivity contribution in [3.05, 3.63) is 0 Å². The highest BCUT2D eigenvalue weighted by atomic mass is 16.3. The molecule has 1 heterocycles. The van der Waals surface area contributed by atoms with Crippen LogP contribution in [0.25, 0.3) is 0 Å². The van der Waals surface area contributed by atoms with E-state index in [4.69, 9.17) is 0 Å². The Labute approximate surface area is 69.2 Å². The molecule has 0 aliphatic carbocycles. The molecule has 66 valence electrons. The van der Waals surface area contributed by atoms with Crippen molar-refractivity contribution in [2.75, 3.05) is 13.1 Å². The molecule has 2 nitrogen and oxygen atoms in total. The third kappa shape index (κ3) is 2.17. The summed E-state index contributed by atoms with van der Waals surface area (Å²) in [5.41, 5.74) is 0. The molecule has 1 fully saturated rings. The van der Waals surface area contributed by atoms with Crippen LogP contribution in [0.5, 0.6) is 0 Å². The van der Waals surface area contributed by atoms with E-state index in [-0.39, 0.29) is 6.10 Å². The molecular formula is C9H19NO. The second kappa shape index (κ2) is 4.07. The zero-order valence-electron chi connectivity index (χ0n) is 7.58. The molecule has 0 spiro atoms. The molecule has 11 heavy (non-hydrogen) atoms. The van der Waals surface area contributed by atoms with Crippen molar-refractivity contribution in [2.45, 2.75) is 45.3 Å². The predicted octanol–water partition coefficient (Wildman–Crippen LogP) is 1.24. The van der Waals surface area contributed by atoms with Crippen molar-refractivity contribution >= 4 is 0 Å². The first kappa shape index (κ1) is 9.01. The number of hydrogen-bond donors (Lipinski definition) is 1. The monoisotopic (exact) mass is 157 g/mol. The smallest absolute Gasteiger partial charge is 0.0679 e. The van der Waals surface area contributed by atoms with Gasteiger partial charge in [-0.25, -0.2) is 0 Å². The van der Waals surface area contributed by atoms with Crippen molar-refractivity contribution in [1.82, 2.24) is 4.90 Å². The van der Waals surface area contributed by atoms with Crippen LogP contribution >= 0.6 is 0 Å². The molecule has 1 atom stereocenters. The van der Waals surface area contributed by atoms with Gasteiger partial charge < -0.3 is 5.11 Å². The summed E-state index contributed by atoms with van der Waals surface area (Å²) in [5, 5.41) is 9.30. The second-order valence-corrected chi connectivity index (χ2v) is 3.41. The quantitative estimate of drug-likeness (QED) is 0.666. The van der Waals surface area contributed by atoms with Crippen LogP contribution in [-0.2, 0) is 0 Å². The number of aliphatic hydroxyl groups is 1. The summed E-state index contributed by atoms with van der Waals surface area (Å²) in [6, 6.07) is 0.701. The van der Waals surface area contributed by atoms with E-state index in [2.05, 4.69) is 18.7 Å². The predicted molar refractivity (Wildman–Crippen MR) is 46.6 cm³/mol. The SMILES string of the molecule is CCC(CC)N1CC[C@@H](O)C1. The van der Waals surface area contributed by atoms with Crippen molar-refractivity contribution in [3.8, 4) is 0 Å². The van der Waals surface area contributed by atoms with Crippen LogP contribution in [0, 0.1) is 0 Å². The standard InChI is InChI=1S/C9H19NO/c1-3-8(4-2)10-6-5-9(11)7-10/h8-9,11H,3-7H2,1-2H3/t9-/m1/s1. The van der Waals surface area contributed by atoms with E-state index in [1.807, 2.05) is 0 Å². The van der Waals surface area contributed by atoms with Gasteiger partial charge in [-0.15, -0.1) is 0 Å². The Morgan fingerprint density at radius 3 is 2.45 bits per heavy atom. The molecule has 0 amide bonds. The van der Waals surface area contributed by atoms with Crippen LogP contribution in [-0.4, -0.2) is 35.2 Å². The summed E-state index contributed by atoms with van der Waals surface area (Å²) >= 11 is 0. The Morgan fingerprint density at radius 1 is 1.45 bits per heavy atom. The lowest BCUT2D eigenvalue weighted by atomic mass is 10.1. The molecule has 1 saturated heterocycles. The number of aliphatic hydroxyl groups excluding tert-OH is 1. The van der Waals surface area contributed by atoms with Gasteiger partial charge in [-0.3, -0.25) is 4.90 Å². The molecule has 0 aromatic rings. The zero-order chi connectivity index (χ0) is 8.27. The molecule has 0 unspecified atom stereocenters. The molecule has 1 rings (SSSR count). The number of hydrogen-bond acceptors (Lipinski definition) is 2. The lowest BCUT2D eigenvalue weighted by Gasteiger charge is -2.24. The molecule has 0 bridgehead atoms. The third-order valence-corrected chi connectivity index (χ3v) is 2.65. The normalized spacial score (nSPS) is 26.7. The van der Waals surface area contributed by atoms with Gasteiger partial charge >= 0.3 is 0 Å².